The molecule has 1 amide bonds. The normalized spacial score (nSPS) is 10.9. The number of aryl methyl sites for hydroxylation is 1. The molecule has 0 radical (unpaired) electrons. The van der Waals surface area contributed by atoms with Crippen molar-refractivity contribution in [2.24, 2.45) is 0 Å². The molecule has 3 heteroatoms. The number of rotatable bonds is 7. The van der Waals surface area contributed by atoms with E-state index in [2.05, 4.69) is 43.4 Å². The Hall–Kier alpha value is -2.29. The van der Waals surface area contributed by atoms with Gasteiger partial charge in [0, 0.05) is 12.1 Å². The molecule has 0 bridgehead atoms. The van der Waals surface area contributed by atoms with Crippen molar-refractivity contribution in [3.63, 3.8) is 0 Å². The summed E-state index contributed by atoms with van der Waals surface area (Å²) in [4.78, 5) is 12.1. The number of amides is 1. The highest BCUT2D eigenvalue weighted by Gasteiger charge is 2.05. The molecule has 0 unspecified atom stereocenters. The molecule has 0 aliphatic rings. The molecule has 2 aromatic rings. The SMILES string of the molecule is CC(C)Oc1ccc(NC(=O)CCc2ccc(C(C)C)cc2)cc1. The summed E-state index contributed by atoms with van der Waals surface area (Å²) in [5.74, 6) is 1.37. The molecular weight excluding hydrogens is 298 g/mol. The number of ether oxygens (including phenoxy) is 1. The van der Waals surface area contributed by atoms with E-state index in [1.807, 2.05) is 38.1 Å². The number of benzene rings is 2. The molecule has 0 aliphatic carbocycles. The number of anilines is 1. The van der Waals surface area contributed by atoms with E-state index >= 15 is 0 Å². The van der Waals surface area contributed by atoms with Crippen molar-refractivity contribution < 1.29 is 9.53 Å². The first kappa shape index (κ1) is 18.1. The van der Waals surface area contributed by atoms with Crippen molar-refractivity contribution in [3.05, 3.63) is 59.7 Å². The third-order valence-electron chi connectivity index (χ3n) is 3.80. The quantitative estimate of drug-likeness (QED) is 0.763. The predicted molar refractivity (Wildman–Crippen MR) is 99.7 cm³/mol. The topological polar surface area (TPSA) is 38.3 Å². The van der Waals surface area contributed by atoms with Gasteiger partial charge in [0.15, 0.2) is 0 Å². The number of nitrogens with one attached hydrogen (secondary N) is 1. The summed E-state index contributed by atoms with van der Waals surface area (Å²) in [6, 6.07) is 16.0. The summed E-state index contributed by atoms with van der Waals surface area (Å²) in [6.07, 6.45) is 1.37. The van der Waals surface area contributed by atoms with Gasteiger partial charge < -0.3 is 10.1 Å². The molecule has 0 atom stereocenters. The summed E-state index contributed by atoms with van der Waals surface area (Å²) in [7, 11) is 0. The first-order valence-corrected chi connectivity index (χ1v) is 8.59. The minimum atomic E-state index is 0.0282. The lowest BCUT2D eigenvalue weighted by molar-refractivity contribution is -0.116. The van der Waals surface area contributed by atoms with E-state index in [9.17, 15) is 4.79 Å². The van der Waals surface area contributed by atoms with Gasteiger partial charge in [-0.25, -0.2) is 0 Å². The fraction of sp³-hybridized carbons (Fsp3) is 0.381. The van der Waals surface area contributed by atoms with Crippen LogP contribution in [-0.4, -0.2) is 12.0 Å². The Morgan fingerprint density at radius 3 is 2.12 bits per heavy atom. The zero-order chi connectivity index (χ0) is 17.5. The van der Waals surface area contributed by atoms with Crippen LogP contribution in [0.25, 0.3) is 0 Å². The molecule has 0 aromatic heterocycles. The standard InChI is InChI=1S/C21H27NO2/c1-15(2)18-8-5-17(6-9-18)7-14-21(23)22-19-10-12-20(13-11-19)24-16(3)4/h5-6,8-13,15-16H,7,14H2,1-4H3,(H,22,23). The first-order valence-electron chi connectivity index (χ1n) is 8.59. The Morgan fingerprint density at radius 2 is 1.58 bits per heavy atom. The number of carbonyl (C=O) groups excluding carboxylic acids is 1. The Morgan fingerprint density at radius 1 is 0.958 bits per heavy atom. The second-order valence-electron chi connectivity index (χ2n) is 6.64. The number of hydrogen-bond acceptors (Lipinski definition) is 2. The molecule has 0 saturated heterocycles. The van der Waals surface area contributed by atoms with Gasteiger partial charge >= 0.3 is 0 Å². The fourth-order valence-corrected chi connectivity index (χ4v) is 2.44. The average molecular weight is 325 g/mol. The van der Waals surface area contributed by atoms with Crippen LogP contribution in [0.3, 0.4) is 0 Å². The maximum absolute atomic E-state index is 12.1. The van der Waals surface area contributed by atoms with Crippen LogP contribution in [0.15, 0.2) is 48.5 Å². The zero-order valence-electron chi connectivity index (χ0n) is 15.0. The summed E-state index contributed by atoms with van der Waals surface area (Å²) in [6.45, 7) is 8.34. The van der Waals surface area contributed by atoms with Gasteiger partial charge in [0.05, 0.1) is 6.10 Å². The van der Waals surface area contributed by atoms with Crippen LogP contribution >= 0.6 is 0 Å². The summed E-state index contributed by atoms with van der Waals surface area (Å²) >= 11 is 0. The van der Waals surface area contributed by atoms with Crippen molar-refractivity contribution in [2.45, 2.75) is 52.6 Å². The molecule has 1 N–H and O–H groups in total. The van der Waals surface area contributed by atoms with Crippen LogP contribution in [0.1, 0.15) is 51.2 Å². The monoisotopic (exact) mass is 325 g/mol. The lowest BCUT2D eigenvalue weighted by Gasteiger charge is -2.11. The van der Waals surface area contributed by atoms with Crippen LogP contribution in [0.2, 0.25) is 0 Å². The van der Waals surface area contributed by atoms with Gasteiger partial charge in [-0.05, 0) is 61.6 Å². The molecule has 3 nitrogen and oxygen atoms in total. The summed E-state index contributed by atoms with van der Waals surface area (Å²) in [5, 5.41) is 2.93. The minimum Gasteiger partial charge on any atom is -0.491 e. The van der Waals surface area contributed by atoms with Gasteiger partial charge in [-0.1, -0.05) is 38.1 Å². The average Bonchev–Trinajstić information content (AvgIpc) is 2.54. The second-order valence-corrected chi connectivity index (χ2v) is 6.64. The second kappa shape index (κ2) is 8.53. The molecule has 2 aromatic carbocycles. The van der Waals surface area contributed by atoms with E-state index < -0.39 is 0 Å². The zero-order valence-corrected chi connectivity index (χ0v) is 15.0. The Labute approximate surface area is 145 Å². The minimum absolute atomic E-state index is 0.0282. The molecule has 0 saturated carbocycles. The van der Waals surface area contributed by atoms with Gasteiger partial charge in [0.2, 0.25) is 5.91 Å². The highest BCUT2D eigenvalue weighted by molar-refractivity contribution is 5.90. The van der Waals surface area contributed by atoms with Crippen molar-refractivity contribution >= 4 is 11.6 Å². The third kappa shape index (κ3) is 5.73. The van der Waals surface area contributed by atoms with Gasteiger partial charge in [-0.15, -0.1) is 0 Å². The third-order valence-corrected chi connectivity index (χ3v) is 3.80. The lowest BCUT2D eigenvalue weighted by atomic mass is 10.0. The molecule has 0 aliphatic heterocycles. The van der Waals surface area contributed by atoms with Crippen LogP contribution in [0.4, 0.5) is 5.69 Å². The van der Waals surface area contributed by atoms with E-state index in [0.29, 0.717) is 12.3 Å². The van der Waals surface area contributed by atoms with Gasteiger partial charge in [0.25, 0.3) is 0 Å². The maximum atomic E-state index is 12.1. The lowest BCUT2D eigenvalue weighted by Crippen LogP contribution is -2.12. The van der Waals surface area contributed by atoms with E-state index in [4.69, 9.17) is 4.74 Å². The Bertz CT molecular complexity index is 643. The number of carbonyl (C=O) groups is 1. The molecule has 0 fully saturated rings. The van der Waals surface area contributed by atoms with Crippen LogP contribution in [0.5, 0.6) is 5.75 Å². The van der Waals surface area contributed by atoms with E-state index in [0.717, 1.165) is 17.9 Å². The highest BCUT2D eigenvalue weighted by atomic mass is 16.5. The highest BCUT2D eigenvalue weighted by Crippen LogP contribution is 2.18. The van der Waals surface area contributed by atoms with Crippen molar-refractivity contribution in [3.8, 4) is 5.75 Å². The molecule has 2 rings (SSSR count). The van der Waals surface area contributed by atoms with Crippen LogP contribution in [-0.2, 0) is 11.2 Å². The summed E-state index contributed by atoms with van der Waals surface area (Å²) in [5.41, 5.74) is 3.31. The van der Waals surface area contributed by atoms with E-state index in [-0.39, 0.29) is 12.0 Å². The fourth-order valence-electron chi connectivity index (χ4n) is 2.44. The molecule has 24 heavy (non-hydrogen) atoms. The van der Waals surface area contributed by atoms with Gasteiger partial charge in [-0.3, -0.25) is 4.79 Å². The van der Waals surface area contributed by atoms with Crippen LogP contribution in [0, 0.1) is 0 Å². The van der Waals surface area contributed by atoms with E-state index in [1.54, 1.807) is 0 Å². The van der Waals surface area contributed by atoms with Crippen LogP contribution < -0.4 is 10.1 Å². The van der Waals surface area contributed by atoms with E-state index in [1.165, 1.54) is 11.1 Å². The van der Waals surface area contributed by atoms with Crippen molar-refractivity contribution in [1.29, 1.82) is 0 Å². The van der Waals surface area contributed by atoms with Gasteiger partial charge in [0.1, 0.15) is 5.75 Å². The molecule has 0 heterocycles. The summed E-state index contributed by atoms with van der Waals surface area (Å²) < 4.78 is 5.59. The number of hydrogen-bond donors (Lipinski definition) is 1. The largest absolute Gasteiger partial charge is 0.491 e. The van der Waals surface area contributed by atoms with Crippen molar-refractivity contribution in [1.82, 2.24) is 0 Å². The van der Waals surface area contributed by atoms with Crippen molar-refractivity contribution in [2.75, 3.05) is 5.32 Å². The Kier molecular flexibility index (Phi) is 6.42. The van der Waals surface area contributed by atoms with Gasteiger partial charge in [-0.2, -0.15) is 0 Å². The molecule has 128 valence electrons. The predicted octanol–water partition coefficient (Wildman–Crippen LogP) is 5.17. The molecular formula is C21H27NO2. The maximum Gasteiger partial charge on any atom is 0.224 e. The first-order chi connectivity index (χ1) is 11.4. The molecule has 0 spiro atoms. The Balaban J connectivity index is 1.82. The smallest absolute Gasteiger partial charge is 0.224 e.